The molecule has 0 amide bonds. The summed E-state index contributed by atoms with van der Waals surface area (Å²) in [5.74, 6) is -4.87. The van der Waals surface area contributed by atoms with Crippen LogP contribution in [0.2, 0.25) is 0 Å². The maximum Gasteiger partial charge on any atom is 4.00 e. The number of nitrogens with two attached hydrogens (primary N) is 4. The Labute approximate surface area is 253 Å². The Hall–Kier alpha value is 1.46. The van der Waals surface area contributed by atoms with Gasteiger partial charge >= 0.3 is 26.2 Å². The zero-order chi connectivity index (χ0) is 17.1. The first-order valence-corrected chi connectivity index (χ1v) is 4.68. The van der Waals surface area contributed by atoms with Gasteiger partial charge in [-0.25, -0.2) is 0 Å². The average Bonchev–Trinajstić information content (AvgIpc) is 2.40. The van der Waals surface area contributed by atoms with Crippen LogP contribution in [0.5, 0.6) is 0 Å². The SMILES string of the molecule is Cl.Cl.Cl.Cl.Cl.Cl.Cl.Cl.NCC(=O)[O-].NCC(=O)[O-].NCC(=O)[O-].NCC(=O)[O-].[Al].[Zr+4]. The van der Waals surface area contributed by atoms with Gasteiger partial charge in [-0.1, -0.05) is 0 Å². The number of aliphatic carboxylic acids is 4. The quantitative estimate of drug-likeness (QED) is 0.199. The predicted octanol–water partition coefficient (Wildman–Crippen LogP) is -6.23. The van der Waals surface area contributed by atoms with E-state index in [1.807, 2.05) is 0 Å². The number of carbonyl (C=O) groups excluding carboxylic acids is 4. The van der Waals surface area contributed by atoms with Gasteiger partial charge in [-0.3, -0.25) is 0 Å². The van der Waals surface area contributed by atoms with Gasteiger partial charge in [-0.15, -0.1) is 99.3 Å². The molecule has 30 heavy (non-hydrogen) atoms. The summed E-state index contributed by atoms with van der Waals surface area (Å²) in [5, 5.41) is 36.5. The summed E-state index contributed by atoms with van der Waals surface area (Å²) in [7, 11) is 0. The first-order chi connectivity index (χ1) is 9.08. The predicted molar refractivity (Wildman–Crippen MR) is 120 cm³/mol. The first kappa shape index (κ1) is 95.8. The van der Waals surface area contributed by atoms with Gasteiger partial charge in [-0.2, -0.15) is 0 Å². The van der Waals surface area contributed by atoms with E-state index in [1.165, 1.54) is 0 Å². The molecule has 0 heterocycles. The molecule has 187 valence electrons. The Morgan fingerprint density at radius 3 is 0.467 bits per heavy atom. The minimum absolute atomic E-state index is 0. The van der Waals surface area contributed by atoms with Crippen LogP contribution < -0.4 is 43.4 Å². The smallest absolute Gasteiger partial charge is 0.549 e. The Bertz CT molecular complexity index is 264. The van der Waals surface area contributed by atoms with Gasteiger partial charge < -0.3 is 62.5 Å². The van der Waals surface area contributed by atoms with E-state index in [2.05, 4.69) is 22.9 Å². The van der Waals surface area contributed by atoms with Gasteiger partial charge in [0.1, 0.15) is 0 Å². The molecule has 0 aromatic heterocycles. The van der Waals surface area contributed by atoms with E-state index in [-0.39, 0.29) is 169 Å². The van der Waals surface area contributed by atoms with Crippen molar-refractivity contribution in [3.05, 3.63) is 0 Å². The molecule has 0 atom stereocenters. The van der Waals surface area contributed by atoms with Crippen LogP contribution in [0.4, 0.5) is 0 Å². The molecule has 0 aromatic carbocycles. The fourth-order valence-corrected chi connectivity index (χ4v) is 0. The van der Waals surface area contributed by atoms with Crippen molar-refractivity contribution in [2.45, 2.75) is 0 Å². The van der Waals surface area contributed by atoms with E-state index < -0.39 is 23.9 Å². The molecule has 0 aliphatic carbocycles. The van der Waals surface area contributed by atoms with Gasteiger partial charge in [0.05, 0.1) is 23.9 Å². The van der Waals surface area contributed by atoms with Crippen molar-refractivity contribution < 1.29 is 65.8 Å². The number of carboxylic acid groups (broad SMARTS) is 4. The summed E-state index contributed by atoms with van der Waals surface area (Å²) in [6, 6.07) is 0. The fraction of sp³-hybridized carbons (Fsp3) is 0.500. The molecular weight excluding hydrogens is 682 g/mol. The van der Waals surface area contributed by atoms with Gasteiger partial charge in [0.2, 0.25) is 0 Å². The summed E-state index contributed by atoms with van der Waals surface area (Å²) < 4.78 is 0. The molecule has 0 fully saturated rings. The van der Waals surface area contributed by atoms with Gasteiger partial charge in [0.15, 0.2) is 0 Å². The van der Waals surface area contributed by atoms with Crippen molar-refractivity contribution in [3.8, 4) is 0 Å². The summed E-state index contributed by atoms with van der Waals surface area (Å²) in [4.78, 5) is 36.5. The molecule has 0 spiro atoms. The molecule has 3 radical (unpaired) electrons. The molecule has 12 nitrogen and oxygen atoms in total. The number of carboxylic acids is 4. The van der Waals surface area contributed by atoms with Crippen LogP contribution >= 0.6 is 99.3 Å². The van der Waals surface area contributed by atoms with Crippen molar-refractivity contribution >= 4 is 140 Å². The maximum absolute atomic E-state index is 9.13. The first-order valence-electron chi connectivity index (χ1n) is 4.68. The van der Waals surface area contributed by atoms with Crippen LogP contribution in [0.1, 0.15) is 0 Å². The second-order valence-electron chi connectivity index (χ2n) is 2.30. The van der Waals surface area contributed by atoms with Crippen LogP contribution in [0.25, 0.3) is 0 Å². The summed E-state index contributed by atoms with van der Waals surface area (Å²) in [6.07, 6.45) is 0. The molecule has 0 aromatic rings. The number of halogens is 8. The van der Waals surface area contributed by atoms with E-state index in [1.54, 1.807) is 0 Å². The van der Waals surface area contributed by atoms with Crippen LogP contribution in [-0.4, -0.2) is 67.4 Å². The summed E-state index contributed by atoms with van der Waals surface area (Å²) in [6.45, 7) is -1.56. The summed E-state index contributed by atoms with van der Waals surface area (Å²) >= 11 is 0. The van der Waals surface area contributed by atoms with Gasteiger partial charge in [0, 0.05) is 43.5 Å². The van der Waals surface area contributed by atoms with Crippen LogP contribution in [0.3, 0.4) is 0 Å². The molecular formula is C8H24AlCl8N4O8Zr. The minimum atomic E-state index is -1.22. The van der Waals surface area contributed by atoms with Crippen molar-refractivity contribution in [3.63, 3.8) is 0 Å². The molecule has 0 rings (SSSR count). The minimum Gasteiger partial charge on any atom is -0.549 e. The second kappa shape index (κ2) is 86.7. The van der Waals surface area contributed by atoms with Gasteiger partial charge in [-0.05, 0) is 0 Å². The third kappa shape index (κ3) is 267. The molecule has 22 heteroatoms. The number of hydrogen-bond donors (Lipinski definition) is 4. The molecule has 0 aliphatic heterocycles. The molecule has 0 saturated carbocycles. The monoisotopic (exact) mass is 701 g/mol. The molecule has 0 bridgehead atoms. The molecule has 8 N–H and O–H groups in total. The van der Waals surface area contributed by atoms with Crippen molar-refractivity contribution in [1.82, 2.24) is 0 Å². The second-order valence-corrected chi connectivity index (χ2v) is 2.30. The van der Waals surface area contributed by atoms with Gasteiger partial charge in [0.25, 0.3) is 0 Å². The molecule has 0 unspecified atom stereocenters. The summed E-state index contributed by atoms with van der Waals surface area (Å²) in [5.41, 5.74) is 18.0. The zero-order valence-corrected chi connectivity index (χ0v) is 24.9. The largest absolute Gasteiger partial charge is 4.00 e. The van der Waals surface area contributed by atoms with Crippen molar-refractivity contribution in [1.29, 1.82) is 0 Å². The third-order valence-corrected chi connectivity index (χ3v) is 0.667. The van der Waals surface area contributed by atoms with Crippen molar-refractivity contribution in [2.24, 2.45) is 22.9 Å². The normalized spacial score (nSPS) is 4.93. The topological polar surface area (TPSA) is 265 Å². The Morgan fingerprint density at radius 1 is 0.433 bits per heavy atom. The van der Waals surface area contributed by atoms with Crippen LogP contribution in [0.15, 0.2) is 0 Å². The Kier molecular flexibility index (Phi) is 277. The van der Waals surface area contributed by atoms with E-state index in [9.17, 15) is 0 Å². The standard InChI is InChI=1S/4C2H5NO2.Al.8ClH.Zr/c4*3-1-2(4)5;;;;;;;;;;/h4*1,3H2,(H,4,5);;8*1H;/q;;;;;;;;;;;;;+4/p-4. The van der Waals surface area contributed by atoms with Crippen LogP contribution in [0, 0.1) is 0 Å². The van der Waals surface area contributed by atoms with Crippen LogP contribution in [-0.2, 0) is 45.4 Å². The average molecular weight is 706 g/mol. The third-order valence-electron chi connectivity index (χ3n) is 0.667. The maximum atomic E-state index is 9.13. The van der Waals surface area contributed by atoms with E-state index in [4.69, 9.17) is 39.6 Å². The van der Waals surface area contributed by atoms with E-state index >= 15 is 0 Å². The number of hydrogen-bond acceptors (Lipinski definition) is 12. The van der Waals surface area contributed by atoms with Crippen molar-refractivity contribution in [2.75, 3.05) is 26.2 Å². The number of rotatable bonds is 4. The molecule has 0 saturated heterocycles. The Morgan fingerprint density at radius 2 is 0.467 bits per heavy atom. The fourth-order valence-electron chi connectivity index (χ4n) is 0. The van der Waals surface area contributed by atoms with E-state index in [0.717, 1.165) is 0 Å². The number of carbonyl (C=O) groups is 4. The Balaban J connectivity index is -0.00000000853. The zero-order valence-electron chi connectivity index (χ0n) is 14.7. The van der Waals surface area contributed by atoms with E-state index in [0.29, 0.717) is 0 Å². The molecule has 0 aliphatic rings.